The molecule has 0 aromatic heterocycles. The minimum atomic E-state index is -3.67. The highest BCUT2D eigenvalue weighted by Gasteiger charge is 2.41. The second kappa shape index (κ2) is 9.30. The van der Waals surface area contributed by atoms with Crippen LogP contribution in [0, 0.1) is 0 Å². The van der Waals surface area contributed by atoms with Gasteiger partial charge in [0.1, 0.15) is 6.54 Å². The van der Waals surface area contributed by atoms with E-state index in [2.05, 4.69) is 0 Å². The third-order valence-corrected chi connectivity index (χ3v) is 9.29. The highest BCUT2D eigenvalue weighted by Crippen LogP contribution is 2.38. The molecule has 0 bridgehead atoms. The van der Waals surface area contributed by atoms with E-state index in [0.717, 1.165) is 4.90 Å². The molecular weight excluding hydrogens is 454 g/mol. The van der Waals surface area contributed by atoms with Gasteiger partial charge in [-0.1, -0.05) is 13.8 Å². The SMILES string of the molecule is CCN(CC)S(=O)(=O)c1ccc2c(c1)N(CC(=O)N1CCC3(CC1)OCCO3)C(=O)CS2. The van der Waals surface area contributed by atoms with E-state index in [4.69, 9.17) is 9.47 Å². The summed E-state index contributed by atoms with van der Waals surface area (Å²) in [5.41, 5.74) is 0.476. The van der Waals surface area contributed by atoms with Crippen molar-refractivity contribution in [1.29, 1.82) is 0 Å². The highest BCUT2D eigenvalue weighted by atomic mass is 32.2. The maximum absolute atomic E-state index is 13.0. The second-order valence-corrected chi connectivity index (χ2v) is 10.9. The normalized spacial score (nSPS) is 20.8. The van der Waals surface area contributed by atoms with Gasteiger partial charge in [0.05, 0.1) is 29.5 Å². The number of ether oxygens (including phenoxy) is 2. The summed E-state index contributed by atoms with van der Waals surface area (Å²) < 4.78 is 38.8. The first-order valence-corrected chi connectivity index (χ1v) is 13.4. The molecule has 2 saturated heterocycles. The van der Waals surface area contributed by atoms with Crippen LogP contribution in [0.1, 0.15) is 26.7 Å². The Morgan fingerprint density at radius 1 is 1.16 bits per heavy atom. The number of benzene rings is 1. The van der Waals surface area contributed by atoms with Gasteiger partial charge in [-0.2, -0.15) is 4.31 Å². The molecule has 4 rings (SSSR count). The number of thioether (sulfide) groups is 1. The van der Waals surface area contributed by atoms with Gasteiger partial charge < -0.3 is 19.3 Å². The van der Waals surface area contributed by atoms with E-state index < -0.39 is 15.8 Å². The predicted molar refractivity (Wildman–Crippen MR) is 120 cm³/mol. The number of carbonyl (C=O) groups excluding carboxylic acids is 2. The Morgan fingerprint density at radius 2 is 1.81 bits per heavy atom. The molecule has 3 aliphatic rings. The number of sulfonamides is 1. The lowest BCUT2D eigenvalue weighted by Crippen LogP contribution is -2.51. The summed E-state index contributed by atoms with van der Waals surface area (Å²) in [5, 5.41) is 0. The van der Waals surface area contributed by atoms with Gasteiger partial charge in [0.2, 0.25) is 21.8 Å². The lowest BCUT2D eigenvalue weighted by atomic mass is 10.0. The van der Waals surface area contributed by atoms with E-state index in [-0.39, 0.29) is 29.0 Å². The van der Waals surface area contributed by atoms with Crippen molar-refractivity contribution in [3.63, 3.8) is 0 Å². The number of hydrogen-bond donors (Lipinski definition) is 0. The summed E-state index contributed by atoms with van der Waals surface area (Å²) in [6.45, 7) is 6.31. The average molecular weight is 484 g/mol. The Kier molecular flexibility index (Phi) is 6.83. The first-order chi connectivity index (χ1) is 15.3. The fraction of sp³-hybridized carbons (Fsp3) is 0.619. The van der Waals surface area contributed by atoms with Crippen molar-refractivity contribution in [2.24, 2.45) is 0 Å². The lowest BCUT2D eigenvalue weighted by Gasteiger charge is -2.38. The van der Waals surface area contributed by atoms with Crippen LogP contribution in [0.4, 0.5) is 5.69 Å². The Hall–Kier alpha value is -1.66. The first kappa shape index (κ1) is 23.5. The predicted octanol–water partition coefficient (Wildman–Crippen LogP) is 1.52. The molecule has 3 heterocycles. The van der Waals surface area contributed by atoms with Gasteiger partial charge in [-0.3, -0.25) is 9.59 Å². The molecule has 1 aromatic rings. The average Bonchev–Trinajstić information content (AvgIpc) is 3.24. The van der Waals surface area contributed by atoms with Crippen molar-refractivity contribution in [3.05, 3.63) is 18.2 Å². The van der Waals surface area contributed by atoms with Crippen LogP contribution >= 0.6 is 11.8 Å². The minimum absolute atomic E-state index is 0.115. The van der Waals surface area contributed by atoms with Gasteiger partial charge >= 0.3 is 0 Å². The number of anilines is 1. The summed E-state index contributed by atoms with van der Waals surface area (Å²) >= 11 is 1.36. The van der Waals surface area contributed by atoms with Crippen LogP contribution in [0.2, 0.25) is 0 Å². The molecule has 1 spiro atoms. The fourth-order valence-corrected chi connectivity index (χ4v) is 6.74. The van der Waals surface area contributed by atoms with Gasteiger partial charge in [0, 0.05) is 43.9 Å². The van der Waals surface area contributed by atoms with Gasteiger partial charge in [0.15, 0.2) is 5.79 Å². The zero-order chi connectivity index (χ0) is 22.9. The number of nitrogens with zero attached hydrogens (tertiary/aromatic N) is 3. The van der Waals surface area contributed by atoms with E-state index in [1.807, 2.05) is 0 Å². The van der Waals surface area contributed by atoms with E-state index >= 15 is 0 Å². The Bertz CT molecular complexity index is 979. The third-order valence-electron chi connectivity index (χ3n) is 6.20. The summed E-state index contributed by atoms with van der Waals surface area (Å²) in [6.07, 6.45) is 1.21. The molecule has 9 nitrogen and oxygen atoms in total. The van der Waals surface area contributed by atoms with Crippen LogP contribution in [0.25, 0.3) is 0 Å². The van der Waals surface area contributed by atoms with Crippen molar-refractivity contribution in [3.8, 4) is 0 Å². The summed E-state index contributed by atoms with van der Waals surface area (Å²) in [4.78, 5) is 29.8. The lowest BCUT2D eigenvalue weighted by molar-refractivity contribution is -0.187. The monoisotopic (exact) mass is 483 g/mol. The Balaban J connectivity index is 1.53. The number of hydrogen-bond acceptors (Lipinski definition) is 7. The van der Waals surface area contributed by atoms with Gasteiger partial charge in [-0.15, -0.1) is 11.8 Å². The maximum Gasteiger partial charge on any atom is 0.243 e. The summed E-state index contributed by atoms with van der Waals surface area (Å²) in [6, 6.07) is 4.81. The summed E-state index contributed by atoms with van der Waals surface area (Å²) in [7, 11) is -3.67. The third kappa shape index (κ3) is 4.41. The molecule has 3 aliphatic heterocycles. The molecule has 0 radical (unpaired) electrons. The van der Waals surface area contributed by atoms with Gasteiger partial charge in [-0.05, 0) is 18.2 Å². The zero-order valence-electron chi connectivity index (χ0n) is 18.4. The number of rotatable bonds is 6. The molecule has 2 fully saturated rings. The van der Waals surface area contributed by atoms with E-state index in [9.17, 15) is 18.0 Å². The largest absolute Gasteiger partial charge is 0.347 e. The van der Waals surface area contributed by atoms with Crippen molar-refractivity contribution in [1.82, 2.24) is 9.21 Å². The molecule has 32 heavy (non-hydrogen) atoms. The van der Waals surface area contributed by atoms with E-state index in [1.54, 1.807) is 30.9 Å². The van der Waals surface area contributed by atoms with Crippen molar-refractivity contribution in [2.45, 2.75) is 42.3 Å². The van der Waals surface area contributed by atoms with Gasteiger partial charge in [0.25, 0.3) is 0 Å². The van der Waals surface area contributed by atoms with Crippen LogP contribution in [-0.4, -0.2) is 86.9 Å². The number of piperidine rings is 1. The first-order valence-electron chi connectivity index (χ1n) is 10.9. The Labute approximate surface area is 193 Å². The maximum atomic E-state index is 13.0. The number of carbonyl (C=O) groups is 2. The molecule has 11 heteroatoms. The van der Waals surface area contributed by atoms with Crippen LogP contribution in [0.15, 0.2) is 28.0 Å². The highest BCUT2D eigenvalue weighted by molar-refractivity contribution is 8.00. The molecule has 0 atom stereocenters. The van der Waals surface area contributed by atoms with Crippen molar-refractivity contribution >= 4 is 39.3 Å². The van der Waals surface area contributed by atoms with Crippen LogP contribution in [0.3, 0.4) is 0 Å². The zero-order valence-corrected chi connectivity index (χ0v) is 20.0. The number of fused-ring (bicyclic) bond motifs is 1. The van der Waals surface area contributed by atoms with E-state index in [0.29, 0.717) is 57.9 Å². The van der Waals surface area contributed by atoms with Crippen LogP contribution in [-0.2, 0) is 29.1 Å². The molecular formula is C21H29N3O6S2. The number of likely N-dealkylation sites (tertiary alicyclic amines) is 1. The molecule has 2 amide bonds. The van der Waals surface area contributed by atoms with Crippen molar-refractivity contribution in [2.75, 3.05) is 56.6 Å². The topological polar surface area (TPSA) is 96.5 Å². The minimum Gasteiger partial charge on any atom is -0.347 e. The van der Waals surface area contributed by atoms with Gasteiger partial charge in [-0.25, -0.2) is 8.42 Å². The van der Waals surface area contributed by atoms with Crippen LogP contribution in [0.5, 0.6) is 0 Å². The molecule has 0 aliphatic carbocycles. The fourth-order valence-electron chi connectivity index (χ4n) is 4.35. The molecule has 0 unspecified atom stereocenters. The van der Waals surface area contributed by atoms with Crippen LogP contribution < -0.4 is 4.90 Å². The molecule has 0 saturated carbocycles. The molecule has 0 N–H and O–H groups in total. The second-order valence-electron chi connectivity index (χ2n) is 7.98. The number of amides is 2. The smallest absolute Gasteiger partial charge is 0.243 e. The summed E-state index contributed by atoms with van der Waals surface area (Å²) in [5.74, 6) is -0.729. The standard InChI is InChI=1S/C21H29N3O6S2/c1-3-23(4-2)32(27,28)16-5-6-18-17(13-16)24(20(26)15-31-18)14-19(25)22-9-7-21(8-10-22)29-11-12-30-21/h5-6,13H,3-4,7-12,14-15H2,1-2H3. The van der Waals surface area contributed by atoms with E-state index in [1.165, 1.54) is 27.0 Å². The Morgan fingerprint density at radius 3 is 2.44 bits per heavy atom. The molecule has 1 aromatic carbocycles. The molecule has 176 valence electrons. The quantitative estimate of drug-likeness (QED) is 0.605. The van der Waals surface area contributed by atoms with Crippen molar-refractivity contribution < 1.29 is 27.5 Å².